The van der Waals surface area contributed by atoms with Crippen molar-refractivity contribution >= 4 is 29.6 Å². The zero-order chi connectivity index (χ0) is 17.4. The molecule has 1 unspecified atom stereocenters. The highest BCUT2D eigenvalue weighted by atomic mass is 28.3. The van der Waals surface area contributed by atoms with Gasteiger partial charge in [-0.2, -0.15) is 0 Å². The minimum atomic E-state index is -1.54. The lowest BCUT2D eigenvalue weighted by molar-refractivity contribution is -0.696. The van der Waals surface area contributed by atoms with Crippen molar-refractivity contribution in [2.24, 2.45) is 0 Å². The van der Waals surface area contributed by atoms with E-state index in [1.54, 1.807) is 0 Å². The Labute approximate surface area is 150 Å². The molecule has 3 aromatic carbocycles. The molecule has 4 rings (SSSR count). The molecule has 124 valence electrons. The van der Waals surface area contributed by atoms with Gasteiger partial charge in [0, 0.05) is 17.7 Å². The standard InChI is InChI=1S/C23H24NSi/c1-25(2,3)23(24-15-9-4-10-16-24)22-20-13-7-5-11-18(20)17-19-12-6-8-14-21(19)22/h4-17,23H,1-3H3/q+1. The smallest absolute Gasteiger partial charge is 0.169 e. The highest BCUT2D eigenvalue weighted by Gasteiger charge is 2.38. The summed E-state index contributed by atoms with van der Waals surface area (Å²) in [6.07, 6.45) is 4.44. The fraction of sp³-hybridized carbons (Fsp3) is 0.174. The first-order chi connectivity index (χ1) is 12.1. The van der Waals surface area contributed by atoms with Crippen molar-refractivity contribution in [1.82, 2.24) is 0 Å². The number of hydrogen-bond donors (Lipinski definition) is 0. The molecule has 0 spiro atoms. The Morgan fingerprint density at radius 1 is 0.680 bits per heavy atom. The second-order valence-electron chi connectivity index (χ2n) is 7.82. The predicted molar refractivity (Wildman–Crippen MR) is 110 cm³/mol. The number of benzene rings is 3. The topological polar surface area (TPSA) is 3.88 Å². The van der Waals surface area contributed by atoms with Gasteiger partial charge < -0.3 is 0 Å². The Balaban J connectivity index is 2.15. The molecule has 0 radical (unpaired) electrons. The normalized spacial score (nSPS) is 13.2. The van der Waals surface area contributed by atoms with Gasteiger partial charge in [-0.3, -0.25) is 0 Å². The van der Waals surface area contributed by atoms with Gasteiger partial charge in [-0.25, -0.2) is 4.57 Å². The van der Waals surface area contributed by atoms with Gasteiger partial charge in [0.25, 0.3) is 0 Å². The van der Waals surface area contributed by atoms with Gasteiger partial charge in [-0.05, 0) is 27.6 Å². The monoisotopic (exact) mass is 342 g/mol. The van der Waals surface area contributed by atoms with Crippen molar-refractivity contribution in [2.45, 2.75) is 25.3 Å². The Morgan fingerprint density at radius 3 is 1.72 bits per heavy atom. The maximum atomic E-state index is 2.47. The van der Waals surface area contributed by atoms with Crippen molar-refractivity contribution in [2.75, 3.05) is 0 Å². The van der Waals surface area contributed by atoms with Crippen molar-refractivity contribution in [1.29, 1.82) is 0 Å². The number of aromatic nitrogens is 1. The SMILES string of the molecule is C[Si](C)(C)C(c1c2ccccc2cc2ccccc12)[n+]1ccccc1. The number of pyridine rings is 1. The first kappa shape index (κ1) is 16.0. The van der Waals surface area contributed by atoms with Crippen molar-refractivity contribution < 1.29 is 4.57 Å². The van der Waals surface area contributed by atoms with Gasteiger partial charge in [-0.15, -0.1) is 0 Å². The van der Waals surface area contributed by atoms with E-state index in [0.717, 1.165) is 0 Å². The molecule has 0 fully saturated rings. The molecule has 1 atom stereocenters. The van der Waals surface area contributed by atoms with E-state index in [2.05, 4.69) is 109 Å². The first-order valence-electron chi connectivity index (χ1n) is 8.92. The van der Waals surface area contributed by atoms with Gasteiger partial charge in [0.15, 0.2) is 18.1 Å². The Kier molecular flexibility index (Phi) is 3.93. The molecule has 0 saturated carbocycles. The van der Waals surface area contributed by atoms with Crippen molar-refractivity contribution in [3.63, 3.8) is 0 Å². The quantitative estimate of drug-likeness (QED) is 0.254. The third kappa shape index (κ3) is 2.87. The second kappa shape index (κ2) is 6.12. The van der Waals surface area contributed by atoms with Gasteiger partial charge in [-0.1, -0.05) is 74.2 Å². The van der Waals surface area contributed by atoms with E-state index < -0.39 is 8.07 Å². The zero-order valence-electron chi connectivity index (χ0n) is 15.1. The summed E-state index contributed by atoms with van der Waals surface area (Å²) in [5, 5.41) is 5.42. The lowest BCUT2D eigenvalue weighted by Crippen LogP contribution is -2.52. The molecule has 1 nitrogen and oxygen atoms in total. The highest BCUT2D eigenvalue weighted by molar-refractivity contribution is 6.77. The largest absolute Gasteiger partial charge is 0.202 e. The van der Waals surface area contributed by atoms with E-state index in [1.807, 2.05) is 0 Å². The summed E-state index contributed by atoms with van der Waals surface area (Å²) in [4.78, 5) is 0. The third-order valence-electron chi connectivity index (χ3n) is 4.94. The van der Waals surface area contributed by atoms with Crippen LogP contribution >= 0.6 is 0 Å². The molecule has 0 saturated heterocycles. The first-order valence-corrected chi connectivity index (χ1v) is 12.5. The third-order valence-corrected chi connectivity index (χ3v) is 7.17. The van der Waals surface area contributed by atoms with Crippen LogP contribution in [0.15, 0.2) is 85.2 Å². The van der Waals surface area contributed by atoms with Crippen LogP contribution in [0.25, 0.3) is 21.5 Å². The summed E-state index contributed by atoms with van der Waals surface area (Å²) in [7, 11) is -1.54. The zero-order valence-corrected chi connectivity index (χ0v) is 16.1. The maximum Gasteiger partial charge on any atom is 0.169 e. The lowest BCUT2D eigenvalue weighted by atomic mass is 9.96. The van der Waals surface area contributed by atoms with Crippen LogP contribution < -0.4 is 4.57 Å². The Morgan fingerprint density at radius 2 is 1.20 bits per heavy atom. The molecule has 2 heteroatoms. The van der Waals surface area contributed by atoms with E-state index in [4.69, 9.17) is 0 Å². The predicted octanol–water partition coefficient (Wildman–Crippen LogP) is 5.75. The van der Waals surface area contributed by atoms with Gasteiger partial charge in [0.2, 0.25) is 0 Å². The highest BCUT2D eigenvalue weighted by Crippen LogP contribution is 2.36. The molecule has 0 amide bonds. The van der Waals surface area contributed by atoms with Crippen LogP contribution in [-0.2, 0) is 0 Å². The van der Waals surface area contributed by atoms with Gasteiger partial charge in [0.05, 0.1) is 0 Å². The summed E-state index contributed by atoms with van der Waals surface area (Å²) < 4.78 is 2.42. The number of rotatable bonds is 3. The minimum Gasteiger partial charge on any atom is -0.202 e. The average Bonchev–Trinajstić information content (AvgIpc) is 2.61. The molecular weight excluding hydrogens is 318 g/mol. The molecule has 0 aliphatic rings. The molecule has 0 aliphatic heterocycles. The van der Waals surface area contributed by atoms with Crippen molar-refractivity contribution in [3.8, 4) is 0 Å². The van der Waals surface area contributed by atoms with Crippen LogP contribution in [0.2, 0.25) is 19.6 Å². The Bertz CT molecular complexity index is 978. The van der Waals surface area contributed by atoms with Gasteiger partial charge in [0.1, 0.15) is 8.07 Å². The van der Waals surface area contributed by atoms with E-state index >= 15 is 0 Å². The molecule has 0 bridgehead atoms. The van der Waals surface area contributed by atoms with Crippen LogP contribution in [0.3, 0.4) is 0 Å². The number of nitrogens with zero attached hydrogens (tertiary/aromatic N) is 1. The van der Waals surface area contributed by atoms with Crippen LogP contribution in [0.5, 0.6) is 0 Å². The summed E-state index contributed by atoms with van der Waals surface area (Å²) in [6, 6.07) is 26.4. The summed E-state index contributed by atoms with van der Waals surface area (Å²) in [5.41, 5.74) is 1.87. The number of fused-ring (bicyclic) bond motifs is 2. The van der Waals surface area contributed by atoms with Crippen LogP contribution in [0.1, 0.15) is 11.2 Å². The summed E-state index contributed by atoms with van der Waals surface area (Å²) in [5.74, 6) is 0. The number of hydrogen-bond acceptors (Lipinski definition) is 0. The van der Waals surface area contributed by atoms with Crippen LogP contribution in [-0.4, -0.2) is 8.07 Å². The fourth-order valence-corrected chi connectivity index (χ4v) is 6.20. The van der Waals surface area contributed by atoms with E-state index in [-0.39, 0.29) is 0 Å². The molecule has 0 N–H and O–H groups in total. The average molecular weight is 343 g/mol. The van der Waals surface area contributed by atoms with Crippen LogP contribution in [0, 0.1) is 0 Å². The summed E-state index contributed by atoms with van der Waals surface area (Å²) in [6.45, 7) is 7.40. The van der Waals surface area contributed by atoms with Crippen LogP contribution in [0.4, 0.5) is 0 Å². The molecule has 25 heavy (non-hydrogen) atoms. The molecule has 1 aromatic heterocycles. The molecular formula is C23H24NSi+. The molecule has 1 heterocycles. The second-order valence-corrected chi connectivity index (χ2v) is 13.1. The van der Waals surface area contributed by atoms with Gasteiger partial charge >= 0.3 is 0 Å². The fourth-order valence-electron chi connectivity index (χ4n) is 3.96. The maximum absolute atomic E-state index is 2.47. The Hall–Kier alpha value is -2.45. The minimum absolute atomic E-state index is 0.393. The van der Waals surface area contributed by atoms with E-state index in [0.29, 0.717) is 5.67 Å². The van der Waals surface area contributed by atoms with E-state index in [9.17, 15) is 0 Å². The van der Waals surface area contributed by atoms with Crippen molar-refractivity contribution in [3.05, 3.63) is 90.8 Å². The molecule has 4 aromatic rings. The molecule has 0 aliphatic carbocycles. The van der Waals surface area contributed by atoms with E-state index in [1.165, 1.54) is 27.1 Å². The lowest BCUT2D eigenvalue weighted by Gasteiger charge is -2.27. The summed E-state index contributed by atoms with van der Waals surface area (Å²) >= 11 is 0.